The van der Waals surface area contributed by atoms with Crippen LogP contribution in [0.4, 0.5) is 0 Å². The second kappa shape index (κ2) is 7.64. The third-order valence-corrected chi connectivity index (χ3v) is 4.04. The van der Waals surface area contributed by atoms with Crippen LogP contribution in [0.1, 0.15) is 24.2 Å². The number of aromatic nitrogens is 3. The number of aryl methyl sites for hydroxylation is 2. The van der Waals surface area contributed by atoms with E-state index < -0.39 is 0 Å². The Bertz CT molecular complexity index is 789. The third kappa shape index (κ3) is 3.93. The zero-order valence-corrected chi connectivity index (χ0v) is 13.9. The summed E-state index contributed by atoms with van der Waals surface area (Å²) in [6.45, 7) is 3.36. The van der Waals surface area contributed by atoms with Crippen molar-refractivity contribution in [2.24, 2.45) is 0 Å². The minimum atomic E-state index is 0.0827. The Morgan fingerprint density at radius 3 is 2.67 bits per heavy atom. The molecule has 24 heavy (non-hydrogen) atoms. The van der Waals surface area contributed by atoms with Gasteiger partial charge in [0.25, 0.3) is 0 Å². The highest BCUT2D eigenvalue weighted by atomic mass is 16.1. The maximum absolute atomic E-state index is 12.1. The Morgan fingerprint density at radius 1 is 1.12 bits per heavy atom. The van der Waals surface area contributed by atoms with Crippen molar-refractivity contribution in [3.63, 3.8) is 0 Å². The minimum absolute atomic E-state index is 0.0827. The number of carbonyl (C=O) groups is 1. The first-order valence-corrected chi connectivity index (χ1v) is 8.20. The van der Waals surface area contributed by atoms with Crippen molar-refractivity contribution in [1.29, 1.82) is 0 Å². The number of hydrogen-bond acceptors (Lipinski definition) is 2. The number of nitrogens with zero attached hydrogens (tertiary/aromatic N) is 3. The van der Waals surface area contributed by atoms with Gasteiger partial charge in [0.1, 0.15) is 5.82 Å². The van der Waals surface area contributed by atoms with Crippen LogP contribution in [0.5, 0.6) is 0 Å². The van der Waals surface area contributed by atoms with Gasteiger partial charge in [-0.2, -0.15) is 0 Å². The monoisotopic (exact) mass is 322 g/mol. The average molecular weight is 322 g/mol. The van der Waals surface area contributed by atoms with Crippen LogP contribution in [-0.4, -0.2) is 20.0 Å². The smallest absolute Gasteiger partial charge is 0.220 e. The fraction of sp³-hybridized carbons (Fsp3) is 0.263. The van der Waals surface area contributed by atoms with Crippen molar-refractivity contribution in [3.8, 4) is 5.69 Å². The van der Waals surface area contributed by atoms with Crippen LogP contribution >= 0.6 is 0 Å². The summed E-state index contributed by atoms with van der Waals surface area (Å²) in [5, 5.41) is 3.02. The van der Waals surface area contributed by atoms with Crippen molar-refractivity contribution in [1.82, 2.24) is 19.4 Å². The van der Waals surface area contributed by atoms with E-state index in [0.29, 0.717) is 13.0 Å². The van der Waals surface area contributed by atoms with E-state index in [1.54, 1.807) is 6.20 Å². The minimum Gasteiger partial charge on any atom is -0.354 e. The van der Waals surface area contributed by atoms with Crippen LogP contribution in [0.2, 0.25) is 0 Å². The van der Waals surface area contributed by atoms with Gasteiger partial charge >= 0.3 is 0 Å². The first-order valence-electron chi connectivity index (χ1n) is 8.20. The molecule has 5 nitrogen and oxygen atoms in total. The summed E-state index contributed by atoms with van der Waals surface area (Å²) in [6, 6.07) is 12.1. The van der Waals surface area contributed by atoms with E-state index >= 15 is 0 Å². The van der Waals surface area contributed by atoms with Gasteiger partial charge in [0.2, 0.25) is 5.91 Å². The first-order chi connectivity index (χ1) is 11.7. The van der Waals surface area contributed by atoms with Crippen LogP contribution < -0.4 is 5.32 Å². The number of carbonyl (C=O) groups excluding carboxylic acids is 1. The molecule has 1 aromatic carbocycles. The van der Waals surface area contributed by atoms with Gasteiger partial charge < -0.3 is 14.5 Å². The average Bonchev–Trinajstić information content (AvgIpc) is 3.25. The van der Waals surface area contributed by atoms with E-state index in [-0.39, 0.29) is 5.91 Å². The zero-order chi connectivity index (χ0) is 16.8. The summed E-state index contributed by atoms with van der Waals surface area (Å²) >= 11 is 0. The van der Waals surface area contributed by atoms with Crippen molar-refractivity contribution in [2.75, 3.05) is 0 Å². The number of rotatable bonds is 7. The van der Waals surface area contributed by atoms with Gasteiger partial charge in [0, 0.05) is 44.3 Å². The molecule has 0 spiro atoms. The lowest BCUT2D eigenvalue weighted by molar-refractivity contribution is -0.121. The highest BCUT2D eigenvalue weighted by Gasteiger charge is 2.08. The molecule has 0 aliphatic carbocycles. The lowest BCUT2D eigenvalue weighted by Gasteiger charge is -2.12. The fourth-order valence-corrected chi connectivity index (χ4v) is 2.75. The first kappa shape index (κ1) is 16.1. The number of para-hydroxylation sites is 1. The Morgan fingerprint density at radius 2 is 1.92 bits per heavy atom. The number of benzene rings is 1. The second-order valence-corrected chi connectivity index (χ2v) is 5.77. The molecule has 3 rings (SSSR count). The molecule has 3 aromatic rings. The molecule has 0 bridgehead atoms. The van der Waals surface area contributed by atoms with Gasteiger partial charge in [-0.3, -0.25) is 4.79 Å². The van der Waals surface area contributed by atoms with Gasteiger partial charge in [-0.15, -0.1) is 0 Å². The molecular formula is C19H22N4O. The predicted octanol–water partition coefficient (Wildman–Crippen LogP) is 3.08. The molecule has 0 aliphatic rings. The summed E-state index contributed by atoms with van der Waals surface area (Å²) in [7, 11) is 0. The van der Waals surface area contributed by atoms with Crippen LogP contribution in [0.15, 0.2) is 61.2 Å². The summed E-state index contributed by atoms with van der Waals surface area (Å²) < 4.78 is 4.12. The fourth-order valence-electron chi connectivity index (χ4n) is 2.75. The van der Waals surface area contributed by atoms with Gasteiger partial charge in [0.15, 0.2) is 0 Å². The largest absolute Gasteiger partial charge is 0.354 e. The molecule has 0 fully saturated rings. The van der Waals surface area contributed by atoms with Crippen molar-refractivity contribution >= 4 is 5.91 Å². The van der Waals surface area contributed by atoms with E-state index in [9.17, 15) is 4.79 Å². The van der Waals surface area contributed by atoms with Crippen LogP contribution in [0.25, 0.3) is 5.69 Å². The molecule has 1 N–H and O–H groups in total. The van der Waals surface area contributed by atoms with E-state index in [4.69, 9.17) is 0 Å². The molecule has 124 valence electrons. The van der Waals surface area contributed by atoms with Crippen LogP contribution in [0.3, 0.4) is 0 Å². The predicted molar refractivity (Wildman–Crippen MR) is 93.8 cm³/mol. The third-order valence-electron chi connectivity index (χ3n) is 4.04. The van der Waals surface area contributed by atoms with Crippen LogP contribution in [-0.2, 0) is 17.9 Å². The molecule has 0 atom stereocenters. The summed E-state index contributed by atoms with van der Waals surface area (Å²) in [5.74, 6) is 1.01. The molecule has 0 saturated heterocycles. The second-order valence-electron chi connectivity index (χ2n) is 5.77. The van der Waals surface area contributed by atoms with Crippen molar-refractivity contribution < 1.29 is 4.79 Å². The molecule has 1 amide bonds. The molecule has 0 unspecified atom stereocenters. The highest BCUT2D eigenvalue weighted by molar-refractivity contribution is 5.75. The van der Waals surface area contributed by atoms with E-state index in [0.717, 1.165) is 30.0 Å². The summed E-state index contributed by atoms with van der Waals surface area (Å²) in [4.78, 5) is 16.3. The highest BCUT2D eigenvalue weighted by Crippen LogP contribution is 2.16. The molecule has 0 saturated carbocycles. The molecule has 5 heteroatoms. The van der Waals surface area contributed by atoms with Crippen LogP contribution in [0, 0.1) is 6.92 Å². The number of imidazole rings is 1. The molecule has 0 radical (unpaired) electrons. The lowest BCUT2D eigenvalue weighted by Crippen LogP contribution is -2.23. The maximum Gasteiger partial charge on any atom is 0.220 e. The van der Waals surface area contributed by atoms with Gasteiger partial charge in [-0.1, -0.05) is 18.2 Å². The summed E-state index contributed by atoms with van der Waals surface area (Å²) in [5.41, 5.74) is 2.14. The normalized spacial score (nSPS) is 10.7. The quantitative estimate of drug-likeness (QED) is 0.727. The van der Waals surface area contributed by atoms with E-state index in [2.05, 4.69) is 14.9 Å². The van der Waals surface area contributed by atoms with Gasteiger partial charge in [-0.05, 0) is 37.1 Å². The van der Waals surface area contributed by atoms with Crippen molar-refractivity contribution in [3.05, 3.63) is 72.6 Å². The SMILES string of the molecule is Cc1nccn1-c1ccccc1CNC(=O)CCCn1cccc1. The molecule has 2 heterocycles. The van der Waals surface area contributed by atoms with E-state index in [1.165, 1.54) is 0 Å². The topological polar surface area (TPSA) is 51.9 Å². The van der Waals surface area contributed by atoms with Crippen molar-refractivity contribution in [2.45, 2.75) is 32.9 Å². The zero-order valence-electron chi connectivity index (χ0n) is 13.9. The van der Waals surface area contributed by atoms with E-state index in [1.807, 2.05) is 66.5 Å². The number of hydrogen-bond donors (Lipinski definition) is 1. The Hall–Kier alpha value is -2.82. The lowest BCUT2D eigenvalue weighted by atomic mass is 10.1. The maximum atomic E-state index is 12.1. The Kier molecular flexibility index (Phi) is 5.11. The standard InChI is InChI=1S/C19H22N4O/c1-16-20-10-14-23(16)18-8-3-2-7-17(18)15-21-19(24)9-6-13-22-11-4-5-12-22/h2-5,7-8,10-12,14H,6,9,13,15H2,1H3,(H,21,24). The summed E-state index contributed by atoms with van der Waals surface area (Å²) in [6.07, 6.45) is 9.12. The Balaban J connectivity index is 1.55. The molecular weight excluding hydrogens is 300 g/mol. The molecule has 0 aliphatic heterocycles. The van der Waals surface area contributed by atoms with Gasteiger partial charge in [0.05, 0.1) is 5.69 Å². The number of amides is 1. The van der Waals surface area contributed by atoms with Gasteiger partial charge in [-0.25, -0.2) is 4.98 Å². The Labute approximate surface area is 142 Å². The number of nitrogens with one attached hydrogen (secondary N) is 1. The molecule has 2 aromatic heterocycles.